The summed E-state index contributed by atoms with van der Waals surface area (Å²) in [4.78, 5) is 18.1. The lowest BCUT2D eigenvalue weighted by molar-refractivity contribution is 0.101. The third-order valence-electron chi connectivity index (χ3n) is 1.35. The standard InChI is InChI=1S/C8H4N4O/c1-5(13)8-4-11-6(2-9)7(3-10)12-8/h4H,1H3. The van der Waals surface area contributed by atoms with Crippen molar-refractivity contribution < 1.29 is 4.79 Å². The van der Waals surface area contributed by atoms with E-state index in [1.807, 2.05) is 0 Å². The Morgan fingerprint density at radius 2 is 2.00 bits per heavy atom. The molecule has 0 N–H and O–H groups in total. The summed E-state index contributed by atoms with van der Waals surface area (Å²) >= 11 is 0. The number of carbonyl (C=O) groups is 1. The van der Waals surface area contributed by atoms with Gasteiger partial charge in [-0.2, -0.15) is 10.5 Å². The molecule has 0 aromatic carbocycles. The molecule has 0 aliphatic carbocycles. The molecule has 5 nitrogen and oxygen atoms in total. The summed E-state index contributed by atoms with van der Waals surface area (Å²) in [7, 11) is 0. The van der Waals surface area contributed by atoms with Crippen LogP contribution < -0.4 is 0 Å². The monoisotopic (exact) mass is 172 g/mol. The highest BCUT2D eigenvalue weighted by Gasteiger charge is 2.08. The van der Waals surface area contributed by atoms with Crippen molar-refractivity contribution in [2.45, 2.75) is 6.92 Å². The maximum atomic E-state index is 10.8. The van der Waals surface area contributed by atoms with Crippen LogP contribution in [0.3, 0.4) is 0 Å². The number of aromatic nitrogens is 2. The Morgan fingerprint density at radius 1 is 1.38 bits per heavy atom. The molecule has 0 spiro atoms. The van der Waals surface area contributed by atoms with Gasteiger partial charge in [-0.05, 0) is 0 Å². The van der Waals surface area contributed by atoms with Crippen LogP contribution in [-0.4, -0.2) is 15.8 Å². The molecule has 0 unspecified atom stereocenters. The largest absolute Gasteiger partial charge is 0.293 e. The smallest absolute Gasteiger partial charge is 0.179 e. The molecule has 0 amide bonds. The Balaban J connectivity index is 3.33. The summed E-state index contributed by atoms with van der Waals surface area (Å²) in [5.41, 5.74) is -0.0850. The van der Waals surface area contributed by atoms with Crippen LogP contribution in [0.2, 0.25) is 0 Å². The summed E-state index contributed by atoms with van der Waals surface area (Å²) in [6.07, 6.45) is 1.18. The molecule has 0 atom stereocenters. The second-order valence-corrected chi connectivity index (χ2v) is 2.23. The first-order valence-electron chi connectivity index (χ1n) is 3.37. The van der Waals surface area contributed by atoms with E-state index in [0.717, 1.165) is 0 Å². The molecule has 0 aliphatic heterocycles. The second kappa shape index (κ2) is 3.42. The summed E-state index contributed by atoms with van der Waals surface area (Å²) in [6, 6.07) is 3.40. The molecule has 5 heteroatoms. The fraction of sp³-hybridized carbons (Fsp3) is 0.125. The van der Waals surface area contributed by atoms with Crippen molar-refractivity contribution in [3.8, 4) is 12.1 Å². The maximum absolute atomic E-state index is 10.8. The van der Waals surface area contributed by atoms with Crippen molar-refractivity contribution in [3.05, 3.63) is 23.3 Å². The predicted molar refractivity (Wildman–Crippen MR) is 41.5 cm³/mol. The van der Waals surface area contributed by atoms with Crippen LogP contribution in [0.4, 0.5) is 0 Å². The number of hydrogen-bond acceptors (Lipinski definition) is 5. The molecule has 1 rings (SSSR count). The molecule has 1 heterocycles. The van der Waals surface area contributed by atoms with Crippen LogP contribution in [0.1, 0.15) is 28.8 Å². The number of nitriles is 2. The van der Waals surface area contributed by atoms with Gasteiger partial charge in [0.15, 0.2) is 17.2 Å². The average molecular weight is 172 g/mol. The van der Waals surface area contributed by atoms with E-state index in [1.54, 1.807) is 12.1 Å². The van der Waals surface area contributed by atoms with E-state index in [1.165, 1.54) is 13.1 Å². The molecule has 0 aliphatic rings. The minimum absolute atomic E-state index is 0.0625. The average Bonchev–Trinajstić information content (AvgIpc) is 2.16. The Labute approximate surface area is 74.3 Å². The van der Waals surface area contributed by atoms with Gasteiger partial charge in [0.1, 0.15) is 17.8 Å². The molecule has 62 valence electrons. The molecule has 0 radical (unpaired) electrons. The van der Waals surface area contributed by atoms with Gasteiger partial charge < -0.3 is 0 Å². The van der Waals surface area contributed by atoms with E-state index in [9.17, 15) is 4.79 Å². The lowest BCUT2D eigenvalue weighted by Gasteiger charge is -1.95. The fourth-order valence-electron chi connectivity index (χ4n) is 0.718. The number of rotatable bonds is 1. The summed E-state index contributed by atoms with van der Waals surface area (Å²) < 4.78 is 0. The molecule has 0 saturated heterocycles. The third kappa shape index (κ3) is 1.66. The first-order valence-corrected chi connectivity index (χ1v) is 3.37. The van der Waals surface area contributed by atoms with Gasteiger partial charge in [-0.3, -0.25) is 4.79 Å². The lowest BCUT2D eigenvalue weighted by atomic mass is 10.3. The van der Waals surface area contributed by atoms with Crippen LogP contribution in [0.15, 0.2) is 6.20 Å². The SMILES string of the molecule is CC(=O)c1cnc(C#N)c(C#N)n1. The molecule has 0 saturated carbocycles. The lowest BCUT2D eigenvalue weighted by Crippen LogP contribution is -2.02. The Bertz CT molecular complexity index is 438. The van der Waals surface area contributed by atoms with Gasteiger partial charge in [-0.1, -0.05) is 0 Å². The topological polar surface area (TPSA) is 90.4 Å². The zero-order chi connectivity index (χ0) is 9.84. The minimum atomic E-state index is -0.284. The Hall–Kier alpha value is -2.27. The summed E-state index contributed by atoms with van der Waals surface area (Å²) in [6.45, 7) is 1.32. The van der Waals surface area contributed by atoms with E-state index in [-0.39, 0.29) is 22.9 Å². The van der Waals surface area contributed by atoms with Gasteiger partial charge in [0, 0.05) is 6.92 Å². The van der Waals surface area contributed by atoms with Crippen molar-refractivity contribution in [1.82, 2.24) is 9.97 Å². The van der Waals surface area contributed by atoms with Crippen molar-refractivity contribution >= 4 is 5.78 Å². The van der Waals surface area contributed by atoms with Crippen LogP contribution in [0, 0.1) is 22.7 Å². The number of hydrogen-bond donors (Lipinski definition) is 0. The van der Waals surface area contributed by atoms with Gasteiger partial charge in [0.05, 0.1) is 6.20 Å². The van der Waals surface area contributed by atoms with E-state index < -0.39 is 0 Å². The first kappa shape index (κ1) is 8.82. The molecule has 1 aromatic heterocycles. The number of ketones is 1. The fourth-order valence-corrected chi connectivity index (χ4v) is 0.718. The van der Waals surface area contributed by atoms with Gasteiger partial charge in [0.2, 0.25) is 0 Å². The molecular weight excluding hydrogens is 168 g/mol. The summed E-state index contributed by atoms with van der Waals surface area (Å²) in [5, 5.41) is 17.0. The van der Waals surface area contributed by atoms with Gasteiger partial charge in [-0.25, -0.2) is 9.97 Å². The van der Waals surface area contributed by atoms with Gasteiger partial charge in [-0.15, -0.1) is 0 Å². The van der Waals surface area contributed by atoms with E-state index >= 15 is 0 Å². The van der Waals surface area contributed by atoms with E-state index in [0.29, 0.717) is 0 Å². The number of carbonyl (C=O) groups excluding carboxylic acids is 1. The van der Waals surface area contributed by atoms with Crippen molar-refractivity contribution in [2.75, 3.05) is 0 Å². The number of nitrogens with zero attached hydrogens (tertiary/aromatic N) is 4. The molecular formula is C8H4N4O. The van der Waals surface area contributed by atoms with E-state index in [2.05, 4.69) is 9.97 Å². The van der Waals surface area contributed by atoms with Crippen LogP contribution in [0.25, 0.3) is 0 Å². The number of Topliss-reactive ketones (excluding diaryl/α,β-unsaturated/α-hetero) is 1. The second-order valence-electron chi connectivity index (χ2n) is 2.23. The minimum Gasteiger partial charge on any atom is -0.293 e. The van der Waals surface area contributed by atoms with Crippen LogP contribution in [0.5, 0.6) is 0 Å². The third-order valence-corrected chi connectivity index (χ3v) is 1.35. The molecule has 0 fully saturated rings. The van der Waals surface area contributed by atoms with Crippen molar-refractivity contribution in [3.63, 3.8) is 0 Å². The molecule has 13 heavy (non-hydrogen) atoms. The quantitative estimate of drug-likeness (QED) is 0.572. The van der Waals surface area contributed by atoms with Crippen molar-refractivity contribution in [1.29, 1.82) is 10.5 Å². The normalized spacial score (nSPS) is 8.54. The van der Waals surface area contributed by atoms with Gasteiger partial charge in [0.25, 0.3) is 0 Å². The predicted octanol–water partition coefficient (Wildman–Crippen LogP) is 0.423. The van der Waals surface area contributed by atoms with E-state index in [4.69, 9.17) is 10.5 Å². The Kier molecular flexibility index (Phi) is 2.32. The van der Waals surface area contributed by atoms with Crippen LogP contribution in [-0.2, 0) is 0 Å². The molecule has 1 aromatic rings. The van der Waals surface area contributed by atoms with Crippen LogP contribution >= 0.6 is 0 Å². The summed E-state index contributed by atoms with van der Waals surface area (Å²) in [5.74, 6) is -0.284. The molecule has 0 bridgehead atoms. The highest BCUT2D eigenvalue weighted by Crippen LogP contribution is 2.01. The highest BCUT2D eigenvalue weighted by molar-refractivity contribution is 5.91. The highest BCUT2D eigenvalue weighted by atomic mass is 16.1. The first-order chi connectivity index (χ1) is 6.19. The zero-order valence-electron chi connectivity index (χ0n) is 6.77. The van der Waals surface area contributed by atoms with Gasteiger partial charge >= 0.3 is 0 Å². The van der Waals surface area contributed by atoms with Crippen molar-refractivity contribution in [2.24, 2.45) is 0 Å². The maximum Gasteiger partial charge on any atom is 0.179 e. The zero-order valence-corrected chi connectivity index (χ0v) is 6.77. The Morgan fingerprint density at radius 3 is 2.46 bits per heavy atom.